The smallest absolute Gasteiger partial charge is 0.271 e. The molecule has 1 N–H and O–H groups in total. The molecule has 0 spiro atoms. The van der Waals surface area contributed by atoms with Crippen LogP contribution in [0.25, 0.3) is 10.9 Å². The molecule has 0 bridgehead atoms. The largest absolute Gasteiger partial charge is 0.351 e. The van der Waals surface area contributed by atoms with E-state index >= 15 is 0 Å². The van der Waals surface area contributed by atoms with Crippen LogP contribution < -0.4 is 5.32 Å². The van der Waals surface area contributed by atoms with Crippen LogP contribution in [0.1, 0.15) is 60.1 Å². The van der Waals surface area contributed by atoms with Crippen molar-refractivity contribution in [2.75, 3.05) is 6.54 Å². The van der Waals surface area contributed by atoms with Crippen LogP contribution in [-0.4, -0.2) is 33.9 Å². The lowest BCUT2D eigenvalue weighted by Gasteiger charge is -2.47. The van der Waals surface area contributed by atoms with Gasteiger partial charge in [0.05, 0.1) is 6.54 Å². The summed E-state index contributed by atoms with van der Waals surface area (Å²) in [6, 6.07) is 30.5. The van der Waals surface area contributed by atoms with E-state index in [1.165, 1.54) is 12.0 Å². The molecule has 1 aliphatic carbocycles. The van der Waals surface area contributed by atoms with Gasteiger partial charge in [-0.1, -0.05) is 98.1 Å². The summed E-state index contributed by atoms with van der Waals surface area (Å²) in [5.41, 5.74) is 2.63. The van der Waals surface area contributed by atoms with Crippen LogP contribution >= 0.6 is 0 Å². The van der Waals surface area contributed by atoms with Crippen molar-refractivity contribution in [2.24, 2.45) is 0 Å². The second-order valence-electron chi connectivity index (χ2n) is 10.8. The highest BCUT2D eigenvalue weighted by Gasteiger charge is 2.52. The zero-order valence-corrected chi connectivity index (χ0v) is 21.8. The zero-order chi connectivity index (χ0) is 26.0. The van der Waals surface area contributed by atoms with Gasteiger partial charge in [0.1, 0.15) is 5.69 Å². The minimum absolute atomic E-state index is 0.0629. The van der Waals surface area contributed by atoms with Gasteiger partial charge in [-0.15, -0.1) is 0 Å². The predicted molar refractivity (Wildman–Crippen MR) is 151 cm³/mol. The van der Waals surface area contributed by atoms with E-state index in [-0.39, 0.29) is 17.9 Å². The zero-order valence-electron chi connectivity index (χ0n) is 21.8. The third-order valence-electron chi connectivity index (χ3n) is 8.38. The van der Waals surface area contributed by atoms with Gasteiger partial charge < -0.3 is 14.8 Å². The van der Waals surface area contributed by atoms with Gasteiger partial charge in [-0.25, -0.2) is 0 Å². The Bertz CT molecular complexity index is 1420. The fraction of sp³-hybridized carbons (Fsp3) is 0.333. The summed E-state index contributed by atoms with van der Waals surface area (Å²) < 4.78 is 2.07. The Morgan fingerprint density at radius 1 is 0.868 bits per heavy atom. The topological polar surface area (TPSA) is 54.3 Å². The van der Waals surface area contributed by atoms with Crippen LogP contribution in [-0.2, 0) is 23.3 Å². The molecule has 5 nitrogen and oxygen atoms in total. The van der Waals surface area contributed by atoms with Crippen LogP contribution in [0.3, 0.4) is 0 Å². The van der Waals surface area contributed by atoms with Gasteiger partial charge in [0.25, 0.3) is 11.8 Å². The van der Waals surface area contributed by atoms with Gasteiger partial charge in [0, 0.05) is 23.5 Å². The SMILES string of the molecule is O=C1c2cc3ccccc3n2C[C@@](C(=O)NC2CCCCC2)(c2ccccc2)N1CCCc1ccccc1. The number of nitrogens with one attached hydrogen (secondary N) is 1. The number of rotatable bonds is 7. The maximum atomic E-state index is 14.5. The second kappa shape index (κ2) is 10.5. The fourth-order valence-corrected chi connectivity index (χ4v) is 6.40. The number of para-hydroxylation sites is 1. The third-order valence-corrected chi connectivity index (χ3v) is 8.38. The fourth-order valence-electron chi connectivity index (χ4n) is 6.40. The van der Waals surface area contributed by atoms with Crippen molar-refractivity contribution in [1.29, 1.82) is 0 Å². The highest BCUT2D eigenvalue weighted by atomic mass is 16.2. The Hall–Kier alpha value is -3.86. The Morgan fingerprint density at radius 3 is 2.32 bits per heavy atom. The highest BCUT2D eigenvalue weighted by molar-refractivity contribution is 6.04. The van der Waals surface area contributed by atoms with Crippen molar-refractivity contribution >= 4 is 22.7 Å². The molecule has 194 valence electrons. The number of amides is 2. The number of aromatic nitrogens is 1. The molecule has 0 saturated heterocycles. The quantitative estimate of drug-likeness (QED) is 0.331. The van der Waals surface area contributed by atoms with Crippen LogP contribution in [0, 0.1) is 0 Å². The Labute approximate surface area is 224 Å². The molecule has 1 saturated carbocycles. The van der Waals surface area contributed by atoms with Crippen molar-refractivity contribution in [2.45, 2.75) is 63.1 Å². The highest BCUT2D eigenvalue weighted by Crippen LogP contribution is 2.40. The molecule has 38 heavy (non-hydrogen) atoms. The molecule has 2 aliphatic rings. The maximum Gasteiger partial charge on any atom is 0.271 e. The molecule has 0 unspecified atom stereocenters. The normalized spacial score (nSPS) is 19.9. The second-order valence-corrected chi connectivity index (χ2v) is 10.8. The minimum atomic E-state index is -1.12. The summed E-state index contributed by atoms with van der Waals surface area (Å²) in [5.74, 6) is -0.143. The summed E-state index contributed by atoms with van der Waals surface area (Å²) in [7, 11) is 0. The Kier molecular flexibility index (Phi) is 6.75. The molecule has 1 atom stereocenters. The minimum Gasteiger partial charge on any atom is -0.351 e. The van der Waals surface area contributed by atoms with E-state index in [0.717, 1.165) is 55.0 Å². The molecule has 0 radical (unpaired) electrons. The number of nitrogens with zero attached hydrogens (tertiary/aromatic N) is 2. The van der Waals surface area contributed by atoms with Gasteiger partial charge in [0.2, 0.25) is 0 Å². The average Bonchev–Trinajstić information content (AvgIpc) is 3.34. The van der Waals surface area contributed by atoms with Crippen molar-refractivity contribution in [1.82, 2.24) is 14.8 Å². The maximum absolute atomic E-state index is 14.5. The number of hydrogen-bond acceptors (Lipinski definition) is 2. The molecular formula is C33H35N3O2. The van der Waals surface area contributed by atoms with Gasteiger partial charge >= 0.3 is 0 Å². The lowest BCUT2D eigenvalue weighted by molar-refractivity contribution is -0.135. The Balaban J connectivity index is 1.44. The molecule has 6 rings (SSSR count). The Morgan fingerprint density at radius 2 is 1.55 bits per heavy atom. The summed E-state index contributed by atoms with van der Waals surface area (Å²) >= 11 is 0. The first-order valence-corrected chi connectivity index (χ1v) is 14.0. The van der Waals surface area contributed by atoms with E-state index in [1.807, 2.05) is 83.8 Å². The van der Waals surface area contributed by atoms with E-state index in [1.54, 1.807) is 0 Å². The van der Waals surface area contributed by atoms with E-state index in [9.17, 15) is 9.59 Å². The molecule has 1 fully saturated rings. The number of carbonyl (C=O) groups is 2. The van der Waals surface area contributed by atoms with Crippen LogP contribution in [0.2, 0.25) is 0 Å². The summed E-state index contributed by atoms with van der Waals surface area (Å²) in [5, 5.41) is 4.44. The molecule has 4 aromatic rings. The lowest BCUT2D eigenvalue weighted by atomic mass is 9.83. The first-order chi connectivity index (χ1) is 18.7. The van der Waals surface area contributed by atoms with E-state index in [4.69, 9.17) is 0 Å². The number of hydrogen-bond donors (Lipinski definition) is 1. The first kappa shape index (κ1) is 24.5. The predicted octanol–water partition coefficient (Wildman–Crippen LogP) is 6.07. The molecule has 1 aliphatic heterocycles. The van der Waals surface area contributed by atoms with Gasteiger partial charge in [0.15, 0.2) is 5.54 Å². The monoisotopic (exact) mass is 505 g/mol. The van der Waals surface area contributed by atoms with E-state index in [0.29, 0.717) is 18.8 Å². The number of benzene rings is 3. The van der Waals surface area contributed by atoms with Crippen LogP contribution in [0.15, 0.2) is 91.0 Å². The third kappa shape index (κ3) is 4.40. The molecule has 2 amide bonds. The van der Waals surface area contributed by atoms with Gasteiger partial charge in [-0.2, -0.15) is 0 Å². The van der Waals surface area contributed by atoms with Gasteiger partial charge in [-0.3, -0.25) is 9.59 Å². The van der Waals surface area contributed by atoms with E-state index in [2.05, 4.69) is 22.0 Å². The summed E-state index contributed by atoms with van der Waals surface area (Å²) in [4.78, 5) is 30.7. The number of fused-ring (bicyclic) bond motifs is 3. The van der Waals surface area contributed by atoms with Crippen molar-refractivity contribution in [3.05, 3.63) is 108 Å². The molecule has 2 heterocycles. The number of aryl methyl sites for hydroxylation is 1. The lowest BCUT2D eigenvalue weighted by Crippen LogP contribution is -2.64. The van der Waals surface area contributed by atoms with Crippen molar-refractivity contribution < 1.29 is 9.59 Å². The van der Waals surface area contributed by atoms with Crippen molar-refractivity contribution in [3.8, 4) is 0 Å². The van der Waals surface area contributed by atoms with Crippen LogP contribution in [0.5, 0.6) is 0 Å². The van der Waals surface area contributed by atoms with Gasteiger partial charge in [-0.05, 0) is 48.9 Å². The summed E-state index contributed by atoms with van der Waals surface area (Å²) in [6.07, 6.45) is 7.11. The molecule has 5 heteroatoms. The molecular weight excluding hydrogens is 470 g/mol. The van der Waals surface area contributed by atoms with Crippen LogP contribution in [0.4, 0.5) is 0 Å². The standard InChI is InChI=1S/C33H35N3O2/c37-31-30-23-26-16-10-11-21-29(26)35(30)24-33(27-17-6-2-7-18-27,32(38)34-28-19-8-3-9-20-28)36(31)22-12-15-25-13-4-1-5-14-25/h1-2,4-7,10-11,13-14,16-18,21,23,28H,3,8-9,12,15,19-20,22,24H2,(H,34,38)/t33-/m0/s1. The first-order valence-electron chi connectivity index (χ1n) is 14.0. The number of carbonyl (C=O) groups excluding carboxylic acids is 2. The average molecular weight is 506 g/mol. The molecule has 1 aromatic heterocycles. The van der Waals surface area contributed by atoms with E-state index < -0.39 is 5.54 Å². The molecule has 3 aromatic carbocycles. The van der Waals surface area contributed by atoms with Crippen molar-refractivity contribution in [3.63, 3.8) is 0 Å². The summed E-state index contributed by atoms with van der Waals surface area (Å²) in [6.45, 7) is 0.901.